The van der Waals surface area contributed by atoms with Gasteiger partial charge in [-0.3, -0.25) is 4.79 Å². The van der Waals surface area contributed by atoms with E-state index in [2.05, 4.69) is 40.9 Å². The van der Waals surface area contributed by atoms with Gasteiger partial charge >= 0.3 is 0 Å². The molecule has 293 valence electrons. The number of hydrogen-bond donors (Lipinski definition) is 0. The molecule has 0 heterocycles. The van der Waals surface area contributed by atoms with E-state index in [9.17, 15) is 4.79 Å². The monoisotopic (exact) mass is 688 g/mol. The average molecular weight is 688 g/mol. The fourth-order valence-corrected chi connectivity index (χ4v) is 8.05. The molecule has 0 aliphatic carbocycles. The Bertz CT molecular complexity index is 583. The Hall–Kier alpha value is -0.330. The van der Waals surface area contributed by atoms with Crippen LogP contribution < -0.4 is 0 Å². The topological polar surface area (TPSA) is 17.1 Å². The van der Waals surface area contributed by atoms with Crippen molar-refractivity contribution in [1.82, 2.24) is 0 Å². The summed E-state index contributed by atoms with van der Waals surface area (Å²) in [4.78, 5) is 12.5. The predicted molar refractivity (Wildman–Crippen MR) is 224 cm³/mol. The summed E-state index contributed by atoms with van der Waals surface area (Å²) in [5.41, 5.74) is -0.147. The van der Waals surface area contributed by atoms with Crippen molar-refractivity contribution < 1.29 is 4.79 Å². The van der Waals surface area contributed by atoms with E-state index in [1.54, 1.807) is 0 Å². The zero-order valence-electron chi connectivity index (χ0n) is 35.1. The first-order valence-corrected chi connectivity index (χ1v) is 23.3. The van der Waals surface area contributed by atoms with Crippen LogP contribution in [0.25, 0.3) is 0 Å². The SMILES string of the molecule is CCCCCCCCCCC([C]=O)(CCCCCCCCCCCCCCCC(C)C)CCCCCCCCCCCCCCCC(C)C. The maximum Gasteiger partial charge on any atom is 0.205 e. The molecule has 0 N–H and O–H groups in total. The summed E-state index contributed by atoms with van der Waals surface area (Å²) < 4.78 is 0. The van der Waals surface area contributed by atoms with Gasteiger partial charge in [-0.2, -0.15) is 0 Å². The lowest BCUT2D eigenvalue weighted by atomic mass is 9.75. The van der Waals surface area contributed by atoms with Crippen LogP contribution in [0, 0.1) is 17.3 Å². The van der Waals surface area contributed by atoms with Crippen molar-refractivity contribution in [2.75, 3.05) is 0 Å². The quantitative estimate of drug-likeness (QED) is 0.0584. The van der Waals surface area contributed by atoms with Gasteiger partial charge in [0.1, 0.15) is 0 Å². The van der Waals surface area contributed by atoms with Crippen LogP contribution in [0.1, 0.15) is 285 Å². The van der Waals surface area contributed by atoms with E-state index in [1.807, 2.05) is 0 Å². The average Bonchev–Trinajstić information content (AvgIpc) is 3.08. The van der Waals surface area contributed by atoms with Crippen molar-refractivity contribution >= 4 is 6.29 Å². The molecule has 0 amide bonds. The van der Waals surface area contributed by atoms with Gasteiger partial charge in [0.25, 0.3) is 0 Å². The van der Waals surface area contributed by atoms with Crippen LogP contribution in [0.15, 0.2) is 0 Å². The van der Waals surface area contributed by atoms with Crippen molar-refractivity contribution in [3.8, 4) is 0 Å². The highest BCUT2D eigenvalue weighted by atomic mass is 16.1. The molecule has 0 unspecified atom stereocenters. The van der Waals surface area contributed by atoms with Crippen LogP contribution in [-0.4, -0.2) is 6.29 Å². The minimum atomic E-state index is -0.147. The van der Waals surface area contributed by atoms with E-state index in [1.165, 1.54) is 231 Å². The molecule has 0 aliphatic heterocycles. The summed E-state index contributed by atoms with van der Waals surface area (Å²) in [6.45, 7) is 11.7. The second kappa shape index (κ2) is 38.9. The molecular weight excluding hydrogens is 593 g/mol. The molecule has 0 aromatic rings. The Balaban J connectivity index is 4.10. The van der Waals surface area contributed by atoms with Gasteiger partial charge in [0.05, 0.1) is 0 Å². The predicted octanol–water partition coefficient (Wildman–Crippen LogP) is 17.6. The third-order valence-corrected chi connectivity index (χ3v) is 11.6. The lowest BCUT2D eigenvalue weighted by Crippen LogP contribution is -2.23. The summed E-state index contributed by atoms with van der Waals surface area (Å²) in [6.07, 6.45) is 56.1. The highest BCUT2D eigenvalue weighted by Crippen LogP contribution is 2.36. The normalized spacial score (nSPS) is 12.1. The first-order valence-electron chi connectivity index (χ1n) is 23.3. The summed E-state index contributed by atoms with van der Waals surface area (Å²) in [5, 5.41) is 0. The highest BCUT2D eigenvalue weighted by Gasteiger charge is 2.29. The summed E-state index contributed by atoms with van der Waals surface area (Å²) in [5.74, 6) is 1.75. The molecule has 0 bridgehead atoms. The fourth-order valence-electron chi connectivity index (χ4n) is 8.05. The van der Waals surface area contributed by atoms with Gasteiger partial charge in [0, 0.05) is 5.41 Å². The molecule has 0 atom stereocenters. The molecule has 49 heavy (non-hydrogen) atoms. The number of carbonyl (C=O) groups excluding carboxylic acids is 1. The van der Waals surface area contributed by atoms with Crippen molar-refractivity contribution in [1.29, 1.82) is 0 Å². The molecule has 1 heteroatoms. The first-order chi connectivity index (χ1) is 24.0. The van der Waals surface area contributed by atoms with Crippen LogP contribution >= 0.6 is 0 Å². The van der Waals surface area contributed by atoms with Gasteiger partial charge in [-0.1, -0.05) is 266 Å². The Labute approximate surface area is 312 Å². The second-order valence-electron chi connectivity index (χ2n) is 17.7. The maximum absolute atomic E-state index is 12.5. The third kappa shape index (κ3) is 37.2. The van der Waals surface area contributed by atoms with Crippen LogP contribution in [-0.2, 0) is 4.79 Å². The molecule has 0 aliphatic rings. The van der Waals surface area contributed by atoms with E-state index in [0.29, 0.717) is 0 Å². The van der Waals surface area contributed by atoms with Crippen molar-refractivity contribution in [2.45, 2.75) is 285 Å². The zero-order valence-corrected chi connectivity index (χ0v) is 35.1. The minimum absolute atomic E-state index is 0.147. The summed E-state index contributed by atoms with van der Waals surface area (Å²) in [6, 6.07) is 0. The van der Waals surface area contributed by atoms with Crippen LogP contribution in [0.5, 0.6) is 0 Å². The Morgan fingerprint density at radius 2 is 0.531 bits per heavy atom. The second-order valence-corrected chi connectivity index (χ2v) is 17.7. The highest BCUT2D eigenvalue weighted by molar-refractivity contribution is 5.60. The van der Waals surface area contributed by atoms with Gasteiger partial charge in [-0.15, -0.1) is 0 Å². The van der Waals surface area contributed by atoms with Crippen molar-refractivity contribution in [3.63, 3.8) is 0 Å². The number of rotatable bonds is 42. The largest absolute Gasteiger partial charge is 0.290 e. The molecule has 0 aromatic heterocycles. The van der Waals surface area contributed by atoms with E-state index < -0.39 is 0 Å². The van der Waals surface area contributed by atoms with Crippen molar-refractivity contribution in [3.05, 3.63) is 0 Å². The van der Waals surface area contributed by atoms with Crippen LogP contribution in [0.2, 0.25) is 0 Å². The summed E-state index contributed by atoms with van der Waals surface area (Å²) in [7, 11) is 0. The van der Waals surface area contributed by atoms with E-state index in [0.717, 1.165) is 31.1 Å². The fraction of sp³-hybridized carbons (Fsp3) is 0.979. The van der Waals surface area contributed by atoms with Gasteiger partial charge < -0.3 is 0 Å². The van der Waals surface area contributed by atoms with E-state index >= 15 is 0 Å². The molecule has 0 aromatic carbocycles. The molecule has 1 nitrogen and oxygen atoms in total. The Kier molecular flexibility index (Phi) is 38.6. The van der Waals surface area contributed by atoms with Gasteiger partial charge in [-0.25, -0.2) is 0 Å². The van der Waals surface area contributed by atoms with Gasteiger partial charge in [-0.05, 0) is 31.1 Å². The van der Waals surface area contributed by atoms with Gasteiger partial charge in [0.15, 0.2) is 0 Å². The van der Waals surface area contributed by atoms with Crippen molar-refractivity contribution in [2.24, 2.45) is 17.3 Å². The lowest BCUT2D eigenvalue weighted by molar-refractivity contribution is 0.278. The first kappa shape index (κ1) is 48.7. The van der Waals surface area contributed by atoms with Crippen LogP contribution in [0.4, 0.5) is 0 Å². The summed E-state index contributed by atoms with van der Waals surface area (Å²) >= 11 is 0. The minimum Gasteiger partial charge on any atom is -0.290 e. The molecule has 1 radical (unpaired) electrons. The lowest BCUT2D eigenvalue weighted by Gasteiger charge is -2.27. The standard InChI is InChI=1S/C48H95O/c1-6-7-8-9-10-27-32-37-42-48(45-49,43-38-33-28-23-19-15-11-13-17-21-25-30-35-40-46(2)3)44-39-34-29-24-20-16-12-14-18-22-26-31-36-41-47(4)5/h46-47H,6-44H2,1-5H3. The molecule has 0 saturated carbocycles. The van der Waals surface area contributed by atoms with E-state index in [-0.39, 0.29) is 5.41 Å². The number of hydrogen-bond acceptors (Lipinski definition) is 1. The molecule has 0 spiro atoms. The molecule has 0 saturated heterocycles. The zero-order chi connectivity index (χ0) is 35.9. The molecule has 0 fully saturated rings. The molecule has 0 rings (SSSR count). The Morgan fingerprint density at radius 3 is 0.735 bits per heavy atom. The van der Waals surface area contributed by atoms with Crippen LogP contribution in [0.3, 0.4) is 0 Å². The molecular formula is C48H95O. The maximum atomic E-state index is 12.5. The third-order valence-electron chi connectivity index (χ3n) is 11.6. The Morgan fingerprint density at radius 1 is 0.327 bits per heavy atom. The number of unbranched alkanes of at least 4 members (excludes halogenated alkanes) is 31. The smallest absolute Gasteiger partial charge is 0.205 e. The van der Waals surface area contributed by atoms with E-state index in [4.69, 9.17) is 0 Å². The van der Waals surface area contributed by atoms with Gasteiger partial charge in [0.2, 0.25) is 6.29 Å².